The number of carbonyl (C=O) groups is 2. The molecule has 1 N–H and O–H groups in total. The normalized spacial score (nSPS) is 12.0. The molecule has 0 saturated carbocycles. The highest BCUT2D eigenvalue weighted by atomic mass is 32.2. The van der Waals surface area contributed by atoms with Crippen molar-refractivity contribution in [1.29, 1.82) is 0 Å². The molecule has 4 aromatic rings. The van der Waals surface area contributed by atoms with Gasteiger partial charge < -0.3 is 15.0 Å². The molecule has 1 atom stereocenters. The van der Waals surface area contributed by atoms with Gasteiger partial charge in [-0.05, 0) is 72.5 Å². The third kappa shape index (κ3) is 8.94. The van der Waals surface area contributed by atoms with Crippen LogP contribution < -0.4 is 14.4 Å². The second kappa shape index (κ2) is 15.5. The largest absolute Gasteiger partial charge is 0.497 e. The van der Waals surface area contributed by atoms with Gasteiger partial charge in [0.2, 0.25) is 11.8 Å². The van der Waals surface area contributed by atoms with Gasteiger partial charge in [-0.15, -0.1) is 0 Å². The van der Waals surface area contributed by atoms with Gasteiger partial charge in [-0.25, -0.2) is 12.8 Å². The number of benzene rings is 4. The maximum atomic E-state index is 14.5. The first kappa shape index (κ1) is 34.2. The summed E-state index contributed by atoms with van der Waals surface area (Å²) in [6.07, 6.45) is 0.212. The number of hydrogen-bond acceptors (Lipinski definition) is 5. The molecule has 0 bridgehead atoms. The number of ether oxygens (including phenoxy) is 1. The van der Waals surface area contributed by atoms with Gasteiger partial charge in [0.05, 0.1) is 17.7 Å². The summed E-state index contributed by atoms with van der Waals surface area (Å²) in [6.45, 7) is 5.75. The lowest BCUT2D eigenvalue weighted by molar-refractivity contribution is -0.140. The molecule has 1 unspecified atom stereocenters. The minimum Gasteiger partial charge on any atom is -0.497 e. The number of amides is 2. The van der Waals surface area contributed by atoms with Crippen LogP contribution in [-0.2, 0) is 32.6 Å². The first-order valence-electron chi connectivity index (χ1n) is 15.1. The van der Waals surface area contributed by atoms with Crippen molar-refractivity contribution in [1.82, 2.24) is 10.2 Å². The Hall–Kier alpha value is -4.70. The van der Waals surface area contributed by atoms with Crippen molar-refractivity contribution < 1.29 is 27.1 Å². The molecule has 0 fully saturated rings. The van der Waals surface area contributed by atoms with Crippen molar-refractivity contribution in [2.24, 2.45) is 5.92 Å². The molecule has 242 valence electrons. The summed E-state index contributed by atoms with van der Waals surface area (Å²) >= 11 is 0. The third-order valence-electron chi connectivity index (χ3n) is 7.47. The molecule has 0 aliphatic rings. The smallest absolute Gasteiger partial charge is 0.264 e. The highest BCUT2D eigenvalue weighted by Gasteiger charge is 2.34. The summed E-state index contributed by atoms with van der Waals surface area (Å²) in [6, 6.07) is 26.7. The van der Waals surface area contributed by atoms with E-state index in [1.165, 1.54) is 48.4 Å². The zero-order valence-electron chi connectivity index (χ0n) is 26.5. The zero-order valence-corrected chi connectivity index (χ0v) is 27.3. The third-order valence-corrected chi connectivity index (χ3v) is 9.26. The van der Waals surface area contributed by atoms with Gasteiger partial charge in [0, 0.05) is 19.5 Å². The van der Waals surface area contributed by atoms with Crippen molar-refractivity contribution in [3.8, 4) is 5.75 Å². The molecule has 4 rings (SSSR count). The Kier molecular flexibility index (Phi) is 11.5. The summed E-state index contributed by atoms with van der Waals surface area (Å²) in [5.74, 6) is -0.857. The van der Waals surface area contributed by atoms with Crippen molar-refractivity contribution in [3.63, 3.8) is 0 Å². The average molecular weight is 646 g/mol. The number of aryl methyl sites for hydroxylation is 1. The van der Waals surface area contributed by atoms with Crippen molar-refractivity contribution in [2.75, 3.05) is 24.5 Å². The Bertz CT molecular complexity index is 1700. The van der Waals surface area contributed by atoms with E-state index >= 15 is 0 Å². The highest BCUT2D eigenvalue weighted by Crippen LogP contribution is 2.26. The van der Waals surface area contributed by atoms with E-state index in [0.717, 1.165) is 33.1 Å². The van der Waals surface area contributed by atoms with Gasteiger partial charge in [-0.1, -0.05) is 74.0 Å². The van der Waals surface area contributed by atoms with Crippen LogP contribution in [0.15, 0.2) is 108 Å². The second-order valence-corrected chi connectivity index (χ2v) is 13.4. The van der Waals surface area contributed by atoms with Crippen molar-refractivity contribution >= 4 is 27.5 Å². The number of hydrogen-bond donors (Lipinski definition) is 1. The van der Waals surface area contributed by atoms with Gasteiger partial charge in [0.25, 0.3) is 10.0 Å². The highest BCUT2D eigenvalue weighted by molar-refractivity contribution is 7.92. The molecule has 0 saturated heterocycles. The molecule has 0 aromatic heterocycles. The van der Waals surface area contributed by atoms with E-state index in [1.807, 2.05) is 75.4 Å². The monoisotopic (exact) mass is 645 g/mol. The van der Waals surface area contributed by atoms with Gasteiger partial charge in [0.15, 0.2) is 0 Å². The maximum Gasteiger partial charge on any atom is 0.264 e. The first-order chi connectivity index (χ1) is 22.0. The number of methoxy groups -OCH3 is 1. The van der Waals surface area contributed by atoms with E-state index in [-0.39, 0.29) is 35.4 Å². The number of sulfonamides is 1. The molecule has 0 aliphatic heterocycles. The lowest BCUT2D eigenvalue weighted by Crippen LogP contribution is -2.53. The number of carbonyl (C=O) groups excluding carboxylic acids is 2. The minimum atomic E-state index is -4.32. The lowest BCUT2D eigenvalue weighted by atomic mass is 10.0. The fraction of sp³-hybridized carbons (Fsp3) is 0.278. The van der Waals surface area contributed by atoms with Crippen LogP contribution in [0.5, 0.6) is 5.75 Å². The topological polar surface area (TPSA) is 96.0 Å². The first-order valence-corrected chi connectivity index (χ1v) is 16.5. The number of rotatable bonds is 14. The number of nitrogens with one attached hydrogen (secondary N) is 1. The fourth-order valence-electron chi connectivity index (χ4n) is 4.88. The maximum absolute atomic E-state index is 14.5. The van der Waals surface area contributed by atoms with E-state index in [1.54, 1.807) is 0 Å². The van der Waals surface area contributed by atoms with Gasteiger partial charge in [-0.3, -0.25) is 13.9 Å². The lowest BCUT2D eigenvalue weighted by Gasteiger charge is -2.34. The molecule has 8 nitrogen and oxygen atoms in total. The Morgan fingerprint density at radius 2 is 1.48 bits per heavy atom. The standard InChI is InChI=1S/C36H40FN3O5S/c1-26(2)23-38-36(42)34(22-28-8-6-5-7-9-28)39(24-29-12-10-27(3)11-13-29)35(41)25-40(31-16-14-30(37)15-17-31)46(43,44)33-20-18-32(45-4)19-21-33/h5-21,26,34H,22-25H2,1-4H3,(H,38,42). The van der Waals surface area contributed by atoms with Gasteiger partial charge in [0.1, 0.15) is 24.2 Å². The van der Waals surface area contributed by atoms with E-state index in [9.17, 15) is 22.4 Å². The molecule has 2 amide bonds. The zero-order chi connectivity index (χ0) is 33.3. The van der Waals surface area contributed by atoms with Crippen LogP contribution in [0, 0.1) is 18.7 Å². The van der Waals surface area contributed by atoms with Gasteiger partial charge >= 0.3 is 0 Å². The van der Waals surface area contributed by atoms with Crippen LogP contribution in [-0.4, -0.2) is 51.4 Å². The molecule has 0 aliphatic carbocycles. The molecule has 10 heteroatoms. The summed E-state index contributed by atoms with van der Waals surface area (Å²) < 4.78 is 48.2. The Balaban J connectivity index is 1.79. The molecule has 0 spiro atoms. The average Bonchev–Trinajstić information content (AvgIpc) is 3.05. The second-order valence-electron chi connectivity index (χ2n) is 11.5. The fourth-order valence-corrected chi connectivity index (χ4v) is 6.29. The SMILES string of the molecule is COc1ccc(S(=O)(=O)N(CC(=O)N(Cc2ccc(C)cc2)C(Cc2ccccc2)C(=O)NCC(C)C)c2ccc(F)cc2)cc1. The molecular weight excluding hydrogens is 605 g/mol. The van der Waals surface area contributed by atoms with Crippen molar-refractivity contribution in [2.45, 2.75) is 44.7 Å². The summed E-state index contributed by atoms with van der Waals surface area (Å²) in [5, 5.41) is 2.97. The van der Waals surface area contributed by atoms with Crippen molar-refractivity contribution in [3.05, 3.63) is 126 Å². The summed E-state index contributed by atoms with van der Waals surface area (Å²) in [5.41, 5.74) is 2.75. The van der Waals surface area contributed by atoms with E-state index in [2.05, 4.69) is 5.32 Å². The molecule has 0 radical (unpaired) electrons. The number of halogens is 1. The van der Waals surface area contributed by atoms with Crippen LogP contribution in [0.4, 0.5) is 10.1 Å². The Labute approximate surface area is 270 Å². The van der Waals surface area contributed by atoms with Gasteiger partial charge in [-0.2, -0.15) is 0 Å². The Morgan fingerprint density at radius 1 is 0.848 bits per heavy atom. The molecule has 0 heterocycles. The van der Waals surface area contributed by atoms with E-state index in [4.69, 9.17) is 4.74 Å². The minimum absolute atomic E-state index is 0.0611. The molecular formula is C36H40FN3O5S. The predicted octanol–water partition coefficient (Wildman–Crippen LogP) is 5.75. The summed E-state index contributed by atoms with van der Waals surface area (Å²) in [7, 11) is -2.85. The Morgan fingerprint density at radius 3 is 2.07 bits per heavy atom. The van der Waals surface area contributed by atoms with Crippen LogP contribution >= 0.6 is 0 Å². The van der Waals surface area contributed by atoms with E-state index in [0.29, 0.717) is 12.3 Å². The van der Waals surface area contributed by atoms with E-state index < -0.39 is 34.3 Å². The summed E-state index contributed by atoms with van der Waals surface area (Å²) in [4.78, 5) is 29.6. The number of nitrogens with zero attached hydrogens (tertiary/aromatic N) is 2. The van der Waals surface area contributed by atoms with Crippen LogP contribution in [0.25, 0.3) is 0 Å². The van der Waals surface area contributed by atoms with Crippen LogP contribution in [0.2, 0.25) is 0 Å². The van der Waals surface area contributed by atoms with Crippen LogP contribution in [0.1, 0.15) is 30.5 Å². The molecule has 4 aromatic carbocycles. The molecule has 46 heavy (non-hydrogen) atoms. The quantitative estimate of drug-likeness (QED) is 0.189. The number of anilines is 1. The predicted molar refractivity (Wildman–Crippen MR) is 177 cm³/mol. The van der Waals surface area contributed by atoms with Crippen LogP contribution in [0.3, 0.4) is 0 Å².